The Bertz CT molecular complexity index is 1300. The SMILES string of the molecule is CC(O)C#Cc1ccc(O)c2c1CC1CC3C(N(C)C)C(O)=C(C(N)=O)C(=O)C3(O)C(O)=C1C2=O. The molecule has 7 N–H and O–H groups in total. The number of primary amides is 1. The fourth-order valence-electron chi connectivity index (χ4n) is 5.55. The number of amides is 1. The first kappa shape index (κ1) is 24.5. The number of likely N-dealkylation sites (N-methyl/N-ethyl adjacent to an activating group) is 1. The van der Waals surface area contributed by atoms with Crippen molar-refractivity contribution < 1.29 is 39.9 Å². The number of hydrogen-bond acceptors (Lipinski definition) is 9. The van der Waals surface area contributed by atoms with Gasteiger partial charge in [0, 0.05) is 17.1 Å². The lowest BCUT2D eigenvalue weighted by atomic mass is 9.58. The van der Waals surface area contributed by atoms with Crippen molar-refractivity contribution in [2.24, 2.45) is 17.6 Å². The van der Waals surface area contributed by atoms with Crippen molar-refractivity contribution in [3.8, 4) is 17.6 Å². The van der Waals surface area contributed by atoms with E-state index in [1.165, 1.54) is 24.0 Å². The van der Waals surface area contributed by atoms with Gasteiger partial charge in [-0.3, -0.25) is 19.3 Å². The summed E-state index contributed by atoms with van der Waals surface area (Å²) in [6, 6.07) is 1.73. The number of aromatic hydroxyl groups is 1. The number of fused-ring (bicyclic) bond motifs is 3. The van der Waals surface area contributed by atoms with Crippen molar-refractivity contribution in [1.29, 1.82) is 0 Å². The van der Waals surface area contributed by atoms with Crippen LogP contribution in [0.4, 0.5) is 0 Å². The highest BCUT2D eigenvalue weighted by Gasteiger charge is 2.63. The fourth-order valence-corrected chi connectivity index (χ4v) is 5.55. The van der Waals surface area contributed by atoms with Crippen LogP contribution in [0.1, 0.15) is 34.8 Å². The zero-order chi connectivity index (χ0) is 26.0. The maximum absolute atomic E-state index is 13.5. The number of phenols is 1. The molecule has 3 aliphatic rings. The van der Waals surface area contributed by atoms with Crippen LogP contribution in [0.3, 0.4) is 0 Å². The molecule has 5 atom stereocenters. The summed E-state index contributed by atoms with van der Waals surface area (Å²) in [5.41, 5.74) is 2.25. The predicted molar refractivity (Wildman–Crippen MR) is 122 cm³/mol. The molecule has 0 saturated heterocycles. The van der Waals surface area contributed by atoms with Crippen LogP contribution >= 0.6 is 0 Å². The van der Waals surface area contributed by atoms with Gasteiger partial charge in [0.1, 0.15) is 28.9 Å². The van der Waals surface area contributed by atoms with Gasteiger partial charge in [0.05, 0.1) is 11.6 Å². The molecule has 1 aromatic rings. The molecule has 4 rings (SSSR count). The van der Waals surface area contributed by atoms with Crippen LogP contribution in [0.2, 0.25) is 0 Å². The molecule has 0 fully saturated rings. The van der Waals surface area contributed by atoms with Crippen LogP contribution in [0.25, 0.3) is 0 Å². The number of aliphatic hydroxyl groups excluding tert-OH is 3. The smallest absolute Gasteiger partial charge is 0.255 e. The van der Waals surface area contributed by atoms with E-state index in [-0.39, 0.29) is 29.7 Å². The third kappa shape index (κ3) is 3.43. The predicted octanol–water partition coefficient (Wildman–Crippen LogP) is -0.147. The molecular formula is C25H26N2O8. The van der Waals surface area contributed by atoms with E-state index >= 15 is 0 Å². The van der Waals surface area contributed by atoms with Gasteiger partial charge in [0.15, 0.2) is 11.4 Å². The van der Waals surface area contributed by atoms with Crippen LogP contribution in [-0.2, 0) is 16.0 Å². The molecule has 1 amide bonds. The van der Waals surface area contributed by atoms with Crippen LogP contribution in [0.15, 0.2) is 34.8 Å². The van der Waals surface area contributed by atoms with E-state index < -0.39 is 64.1 Å². The molecule has 0 bridgehead atoms. The number of aliphatic hydroxyl groups is 4. The maximum atomic E-state index is 13.5. The number of carbonyl (C=O) groups excluding carboxylic acids is 3. The molecule has 1 aromatic carbocycles. The van der Waals surface area contributed by atoms with Gasteiger partial charge >= 0.3 is 0 Å². The first-order valence-electron chi connectivity index (χ1n) is 11.0. The monoisotopic (exact) mass is 482 g/mol. The topological polar surface area (TPSA) is 182 Å². The quantitative estimate of drug-likeness (QED) is 0.247. The molecule has 0 saturated carbocycles. The minimum atomic E-state index is -2.68. The average Bonchev–Trinajstić information content (AvgIpc) is 2.75. The number of rotatable bonds is 2. The fraction of sp³-hybridized carbons (Fsp3) is 0.400. The van der Waals surface area contributed by atoms with Crippen molar-refractivity contribution in [2.45, 2.75) is 37.5 Å². The number of Topliss-reactive ketones (excluding diaryl/α,β-unsaturated/α-hetero) is 2. The molecule has 0 aliphatic heterocycles. The summed E-state index contributed by atoms with van der Waals surface area (Å²) < 4.78 is 0. The van der Waals surface area contributed by atoms with Gasteiger partial charge in [-0.2, -0.15) is 0 Å². The van der Waals surface area contributed by atoms with E-state index in [0.717, 1.165) is 0 Å². The van der Waals surface area contributed by atoms with Gasteiger partial charge in [-0.05, 0) is 57.5 Å². The molecule has 0 spiro atoms. The third-order valence-electron chi connectivity index (χ3n) is 7.02. The number of nitrogens with zero attached hydrogens (tertiary/aromatic N) is 1. The minimum Gasteiger partial charge on any atom is -0.510 e. The lowest BCUT2D eigenvalue weighted by Gasteiger charge is -2.50. The minimum absolute atomic E-state index is 0.00924. The maximum Gasteiger partial charge on any atom is 0.255 e. The Kier molecular flexibility index (Phi) is 5.76. The van der Waals surface area contributed by atoms with Crippen LogP contribution < -0.4 is 5.73 Å². The van der Waals surface area contributed by atoms with E-state index in [0.29, 0.717) is 11.1 Å². The normalized spacial score (nSPS) is 28.7. The first-order chi connectivity index (χ1) is 16.3. The molecule has 0 aromatic heterocycles. The molecule has 35 heavy (non-hydrogen) atoms. The van der Waals surface area contributed by atoms with E-state index in [2.05, 4.69) is 11.8 Å². The van der Waals surface area contributed by atoms with Crippen molar-refractivity contribution >= 4 is 17.5 Å². The Labute approximate surface area is 201 Å². The average molecular weight is 482 g/mol. The Balaban J connectivity index is 1.95. The second-order valence-electron chi connectivity index (χ2n) is 9.39. The summed E-state index contributed by atoms with van der Waals surface area (Å²) in [4.78, 5) is 40.2. The summed E-state index contributed by atoms with van der Waals surface area (Å²) in [6.45, 7) is 1.48. The van der Waals surface area contributed by atoms with Crippen molar-refractivity contribution in [1.82, 2.24) is 4.90 Å². The van der Waals surface area contributed by atoms with Gasteiger partial charge in [0.25, 0.3) is 5.91 Å². The largest absolute Gasteiger partial charge is 0.510 e. The van der Waals surface area contributed by atoms with E-state index in [1.807, 2.05) is 0 Å². The Morgan fingerprint density at radius 3 is 2.46 bits per heavy atom. The standard InChI is InChI=1S/C25H26N2O8/c1-10(28)4-5-11-6-7-15(29)17-13(11)8-12-9-14-19(27(2)3)21(31)18(24(26)34)23(33)25(14,35)22(32)16(12)20(17)30/h6-7,10,12,14,19,28-29,31-32,35H,8-9H2,1-3H3,(H2,26,34). The van der Waals surface area contributed by atoms with Crippen molar-refractivity contribution in [3.05, 3.63) is 51.5 Å². The number of nitrogens with two attached hydrogens (primary N) is 1. The Hall–Kier alpha value is -3.65. The zero-order valence-electron chi connectivity index (χ0n) is 19.4. The summed E-state index contributed by atoms with van der Waals surface area (Å²) in [5, 5.41) is 53.5. The van der Waals surface area contributed by atoms with Crippen molar-refractivity contribution in [2.75, 3.05) is 14.1 Å². The second-order valence-corrected chi connectivity index (χ2v) is 9.39. The van der Waals surface area contributed by atoms with Gasteiger partial charge in [0.2, 0.25) is 5.78 Å². The van der Waals surface area contributed by atoms with Gasteiger partial charge < -0.3 is 31.3 Å². The van der Waals surface area contributed by atoms with E-state index in [1.54, 1.807) is 14.1 Å². The van der Waals surface area contributed by atoms with Crippen LogP contribution in [-0.4, -0.2) is 79.7 Å². The van der Waals surface area contributed by atoms with Crippen molar-refractivity contribution in [3.63, 3.8) is 0 Å². The Morgan fingerprint density at radius 2 is 1.89 bits per heavy atom. The van der Waals surface area contributed by atoms with Gasteiger partial charge in [-0.15, -0.1) is 0 Å². The molecule has 0 radical (unpaired) electrons. The number of carbonyl (C=O) groups is 3. The molecule has 5 unspecified atom stereocenters. The molecule has 10 nitrogen and oxygen atoms in total. The Morgan fingerprint density at radius 1 is 1.23 bits per heavy atom. The second kappa shape index (κ2) is 8.23. The lowest BCUT2D eigenvalue weighted by Crippen LogP contribution is -2.63. The zero-order valence-corrected chi connectivity index (χ0v) is 19.4. The van der Waals surface area contributed by atoms with Crippen LogP contribution in [0.5, 0.6) is 5.75 Å². The molecule has 10 heteroatoms. The van der Waals surface area contributed by atoms with Gasteiger partial charge in [-0.1, -0.05) is 11.8 Å². The van der Waals surface area contributed by atoms with Crippen LogP contribution in [0, 0.1) is 23.7 Å². The molecular weight excluding hydrogens is 456 g/mol. The third-order valence-corrected chi connectivity index (χ3v) is 7.02. The highest BCUT2D eigenvalue weighted by atomic mass is 16.3. The first-order valence-corrected chi connectivity index (χ1v) is 11.0. The number of benzene rings is 1. The number of allylic oxidation sites excluding steroid dienone is 1. The summed E-state index contributed by atoms with van der Waals surface area (Å²) >= 11 is 0. The summed E-state index contributed by atoms with van der Waals surface area (Å²) in [5.74, 6) is -1.63. The highest BCUT2D eigenvalue weighted by Crippen LogP contribution is 2.52. The highest BCUT2D eigenvalue weighted by molar-refractivity contribution is 6.24. The van der Waals surface area contributed by atoms with Gasteiger partial charge in [-0.25, -0.2) is 0 Å². The van der Waals surface area contributed by atoms with E-state index in [9.17, 15) is 39.9 Å². The molecule has 3 aliphatic carbocycles. The number of ketones is 2. The summed E-state index contributed by atoms with van der Waals surface area (Å²) in [7, 11) is 3.13. The summed E-state index contributed by atoms with van der Waals surface area (Å²) in [6.07, 6.45) is -0.802. The van der Waals surface area contributed by atoms with E-state index in [4.69, 9.17) is 5.73 Å². The molecule has 0 heterocycles. The molecule has 184 valence electrons. The lowest BCUT2D eigenvalue weighted by molar-refractivity contribution is -0.148. The number of hydrogen-bond donors (Lipinski definition) is 6. The number of phenolic OH excluding ortho intramolecular Hbond substituents is 1.